The molecule has 1 nitrogen and oxygen atoms in total. The number of benzene rings is 10. The molecule has 68 heavy (non-hydrogen) atoms. The molecule has 11 rings (SSSR count). The third kappa shape index (κ3) is 7.17. The first-order valence-electron chi connectivity index (χ1n) is 24.1. The number of rotatable bonds is 8. The fraction of sp³-hybridized carbons (Fsp3) is 0.134. The summed E-state index contributed by atoms with van der Waals surface area (Å²) in [6, 6.07) is 88.1. The van der Waals surface area contributed by atoms with Crippen LogP contribution in [0.4, 0.5) is 17.1 Å². The van der Waals surface area contributed by atoms with E-state index in [1.165, 1.54) is 88.7 Å². The molecule has 0 aliphatic heterocycles. The predicted molar refractivity (Wildman–Crippen MR) is 290 cm³/mol. The summed E-state index contributed by atoms with van der Waals surface area (Å²) >= 11 is 0. The summed E-state index contributed by atoms with van der Waals surface area (Å²) in [7, 11) is 0. The Balaban J connectivity index is 1.16. The van der Waals surface area contributed by atoms with Crippen molar-refractivity contribution in [1.29, 1.82) is 0 Å². The summed E-state index contributed by atoms with van der Waals surface area (Å²) in [5.41, 5.74) is 20.4. The minimum Gasteiger partial charge on any atom is -0.309 e. The largest absolute Gasteiger partial charge is 0.309 e. The van der Waals surface area contributed by atoms with Crippen LogP contribution in [-0.2, 0) is 16.2 Å². The molecule has 10 aromatic carbocycles. The number of nitrogens with zero attached hydrogens (tertiary/aromatic N) is 1. The summed E-state index contributed by atoms with van der Waals surface area (Å²) < 4.78 is 0. The predicted octanol–water partition coefficient (Wildman–Crippen LogP) is 18.3. The van der Waals surface area contributed by atoms with Crippen LogP contribution in [0.15, 0.2) is 237 Å². The highest BCUT2D eigenvalue weighted by Gasteiger charge is 2.47. The van der Waals surface area contributed by atoms with Crippen molar-refractivity contribution >= 4 is 27.8 Å². The highest BCUT2D eigenvalue weighted by atomic mass is 15.1. The summed E-state index contributed by atoms with van der Waals surface area (Å²) in [5.74, 6) is 0. The Morgan fingerprint density at radius 1 is 0.338 bits per heavy atom. The van der Waals surface area contributed by atoms with Crippen molar-refractivity contribution in [2.45, 2.75) is 57.8 Å². The van der Waals surface area contributed by atoms with Gasteiger partial charge >= 0.3 is 0 Å². The first-order chi connectivity index (χ1) is 33.0. The van der Waals surface area contributed by atoms with Gasteiger partial charge < -0.3 is 4.90 Å². The van der Waals surface area contributed by atoms with E-state index in [9.17, 15) is 0 Å². The number of para-hydroxylation sites is 3. The Morgan fingerprint density at radius 3 is 1.34 bits per heavy atom. The molecule has 0 saturated heterocycles. The molecule has 0 N–H and O–H groups in total. The van der Waals surface area contributed by atoms with Crippen LogP contribution >= 0.6 is 0 Å². The van der Waals surface area contributed by atoms with Crippen LogP contribution < -0.4 is 4.90 Å². The number of anilines is 3. The average molecular weight is 876 g/mol. The lowest BCUT2D eigenvalue weighted by atomic mass is 9.67. The Hall–Kier alpha value is -7.74. The maximum Gasteiger partial charge on any atom is 0.0713 e. The van der Waals surface area contributed by atoms with Gasteiger partial charge in [0.1, 0.15) is 0 Å². The summed E-state index contributed by atoms with van der Waals surface area (Å²) in [4.78, 5) is 2.49. The quantitative estimate of drug-likeness (QED) is 0.147. The SMILES string of the molecule is CC(C)(C)c1cc(-c2cccc3cccc(-c4ccccc4N(c4ccccc4)c4ccccc4-c4cccc5c4-c4ccccc4C5(c4ccccc4)c4ccccc4)c23)cc(C(C)(C)C)c1. The van der Waals surface area contributed by atoms with Gasteiger partial charge in [0, 0.05) is 16.8 Å². The van der Waals surface area contributed by atoms with Gasteiger partial charge in [0.15, 0.2) is 0 Å². The van der Waals surface area contributed by atoms with Crippen molar-refractivity contribution in [2.24, 2.45) is 0 Å². The van der Waals surface area contributed by atoms with Crippen molar-refractivity contribution in [3.63, 3.8) is 0 Å². The van der Waals surface area contributed by atoms with Crippen LogP contribution in [0, 0.1) is 0 Å². The van der Waals surface area contributed by atoms with Crippen molar-refractivity contribution in [2.75, 3.05) is 4.90 Å². The molecular formula is C67H57N. The third-order valence-corrected chi connectivity index (χ3v) is 14.2. The molecule has 0 heterocycles. The van der Waals surface area contributed by atoms with E-state index in [2.05, 4.69) is 283 Å². The van der Waals surface area contributed by atoms with Crippen LogP contribution in [0.5, 0.6) is 0 Å². The minimum atomic E-state index is -0.503. The Morgan fingerprint density at radius 2 is 0.765 bits per heavy atom. The molecule has 10 aromatic rings. The summed E-state index contributed by atoms with van der Waals surface area (Å²) in [5, 5.41) is 2.48. The molecule has 1 aliphatic carbocycles. The monoisotopic (exact) mass is 875 g/mol. The summed E-state index contributed by atoms with van der Waals surface area (Å²) in [6.07, 6.45) is 0. The molecule has 330 valence electrons. The average Bonchev–Trinajstić information content (AvgIpc) is 3.68. The van der Waals surface area contributed by atoms with Crippen LogP contribution in [0.3, 0.4) is 0 Å². The highest BCUT2D eigenvalue weighted by Crippen LogP contribution is 2.59. The van der Waals surface area contributed by atoms with Gasteiger partial charge in [-0.2, -0.15) is 0 Å². The van der Waals surface area contributed by atoms with E-state index < -0.39 is 5.41 Å². The minimum absolute atomic E-state index is 0.00879. The molecule has 0 unspecified atom stereocenters. The van der Waals surface area contributed by atoms with E-state index in [1.54, 1.807) is 0 Å². The zero-order valence-electron chi connectivity index (χ0n) is 40.0. The van der Waals surface area contributed by atoms with Gasteiger partial charge in [-0.25, -0.2) is 0 Å². The van der Waals surface area contributed by atoms with E-state index in [4.69, 9.17) is 0 Å². The molecule has 0 fully saturated rings. The smallest absolute Gasteiger partial charge is 0.0713 e. The van der Waals surface area contributed by atoms with Gasteiger partial charge in [-0.15, -0.1) is 0 Å². The van der Waals surface area contributed by atoms with Gasteiger partial charge in [0.2, 0.25) is 0 Å². The maximum absolute atomic E-state index is 2.49. The Bertz CT molecular complexity index is 3380. The van der Waals surface area contributed by atoms with E-state index in [1.807, 2.05) is 0 Å². The molecule has 1 aliphatic rings. The van der Waals surface area contributed by atoms with Gasteiger partial charge in [-0.3, -0.25) is 0 Å². The molecule has 0 aromatic heterocycles. The lowest BCUT2D eigenvalue weighted by Crippen LogP contribution is -2.28. The van der Waals surface area contributed by atoms with E-state index in [0.29, 0.717) is 0 Å². The van der Waals surface area contributed by atoms with Crippen LogP contribution in [0.1, 0.15) is 74.9 Å². The Labute approximate surface area is 403 Å². The van der Waals surface area contributed by atoms with Crippen molar-refractivity contribution in [3.8, 4) is 44.5 Å². The van der Waals surface area contributed by atoms with Crippen LogP contribution in [-0.4, -0.2) is 0 Å². The fourth-order valence-corrected chi connectivity index (χ4v) is 11.0. The van der Waals surface area contributed by atoms with Crippen molar-refractivity contribution < 1.29 is 0 Å². The first-order valence-corrected chi connectivity index (χ1v) is 24.1. The summed E-state index contributed by atoms with van der Waals surface area (Å²) in [6.45, 7) is 13.9. The molecule has 0 bridgehead atoms. The topological polar surface area (TPSA) is 3.24 Å². The van der Waals surface area contributed by atoms with Crippen molar-refractivity contribution in [1.82, 2.24) is 0 Å². The third-order valence-electron chi connectivity index (χ3n) is 14.2. The first kappa shape index (κ1) is 42.9. The molecule has 0 spiro atoms. The number of fused-ring (bicyclic) bond motifs is 4. The van der Waals surface area contributed by atoms with Crippen molar-refractivity contribution in [3.05, 3.63) is 270 Å². The Kier molecular flexibility index (Phi) is 10.6. The molecule has 1 heteroatoms. The molecule has 0 radical (unpaired) electrons. The van der Waals surface area contributed by atoms with E-state index in [0.717, 1.165) is 17.1 Å². The standard InChI is InChI=1S/C67H57N/c1-65(2,3)50-43-47(44-51(45-50)66(4,5)6)53-36-22-25-46-26-23-37-56(63(46)53)54-33-17-20-41-61(54)68(52-31-14-9-15-32-52)62-42-21-18-34-55(62)57-38-24-40-60-64(57)58-35-16-19-39-59(58)67(60,48-27-10-7-11-28-48)49-29-12-8-13-30-49/h7-45H,1-6H3. The molecule has 0 amide bonds. The number of hydrogen-bond acceptors (Lipinski definition) is 1. The van der Waals surface area contributed by atoms with E-state index >= 15 is 0 Å². The van der Waals surface area contributed by atoms with Gasteiger partial charge in [-0.1, -0.05) is 254 Å². The highest BCUT2D eigenvalue weighted by molar-refractivity contribution is 6.09. The zero-order valence-corrected chi connectivity index (χ0v) is 40.0. The normalized spacial score (nSPS) is 13.0. The van der Waals surface area contributed by atoms with Crippen LogP contribution in [0.25, 0.3) is 55.3 Å². The van der Waals surface area contributed by atoms with Crippen LogP contribution in [0.2, 0.25) is 0 Å². The fourth-order valence-electron chi connectivity index (χ4n) is 11.0. The lowest BCUT2D eigenvalue weighted by Gasteiger charge is -2.34. The second-order valence-electron chi connectivity index (χ2n) is 20.5. The second-order valence-corrected chi connectivity index (χ2v) is 20.5. The lowest BCUT2D eigenvalue weighted by molar-refractivity contribution is 0.569. The molecule has 0 saturated carbocycles. The molecule has 0 atom stereocenters. The van der Waals surface area contributed by atoms with E-state index in [-0.39, 0.29) is 10.8 Å². The molecular weight excluding hydrogens is 819 g/mol. The maximum atomic E-state index is 2.49. The van der Waals surface area contributed by atoms with Gasteiger partial charge in [0.25, 0.3) is 0 Å². The zero-order chi connectivity index (χ0) is 46.6. The second kappa shape index (κ2) is 16.8. The van der Waals surface area contributed by atoms with Gasteiger partial charge in [-0.05, 0) is 113 Å². The van der Waals surface area contributed by atoms with Gasteiger partial charge in [0.05, 0.1) is 16.8 Å². The number of hydrogen-bond donors (Lipinski definition) is 0.